The number of carbonyl (C=O) groups is 1. The van der Waals surface area contributed by atoms with Crippen LogP contribution in [0.5, 0.6) is 5.75 Å². The molecule has 0 unspecified atom stereocenters. The van der Waals surface area contributed by atoms with Crippen LogP contribution in [0.4, 0.5) is 0 Å². The molecule has 1 N–H and O–H groups in total. The highest BCUT2D eigenvalue weighted by atomic mass is 35.5. The number of likely N-dealkylation sites (N-methyl/N-ethyl adjacent to an activating group) is 1. The van der Waals surface area contributed by atoms with Gasteiger partial charge in [-0.2, -0.15) is 0 Å². The number of nitrogens with one attached hydrogen (secondary N) is 1. The molecule has 4 nitrogen and oxygen atoms in total. The molecule has 0 fully saturated rings. The lowest BCUT2D eigenvalue weighted by Gasteiger charge is -2.31. The molecule has 0 spiro atoms. The van der Waals surface area contributed by atoms with E-state index in [1.54, 1.807) is 24.3 Å². The summed E-state index contributed by atoms with van der Waals surface area (Å²) in [6.45, 7) is 13.3. The van der Waals surface area contributed by atoms with Crippen molar-refractivity contribution < 1.29 is 9.53 Å². The molecule has 1 amide bonds. The monoisotopic (exact) mass is 416 g/mol. The van der Waals surface area contributed by atoms with Crippen LogP contribution >= 0.6 is 11.6 Å². The summed E-state index contributed by atoms with van der Waals surface area (Å²) in [5.41, 5.74) is 2.64. The molecule has 0 aromatic heterocycles. The van der Waals surface area contributed by atoms with Gasteiger partial charge >= 0.3 is 0 Å². The van der Waals surface area contributed by atoms with Crippen molar-refractivity contribution in [2.75, 3.05) is 26.2 Å². The number of ether oxygens (including phenoxy) is 1. The SMILES string of the molecule is CCN(CC)[C@H](CNC(=O)COc1ccc(Cl)cc1)c1ccc(C(C)(C)C)cc1. The van der Waals surface area contributed by atoms with E-state index in [1.165, 1.54) is 11.1 Å². The standard InChI is InChI=1S/C24H33ClN2O2/c1-6-27(7-2)22(18-8-10-19(11-9-18)24(3,4)5)16-26-23(28)17-29-21-14-12-20(25)13-15-21/h8-15,22H,6-7,16-17H2,1-5H3,(H,26,28)/t22-/m1/s1. The first kappa shape index (κ1) is 23.2. The second kappa shape index (κ2) is 10.7. The van der Waals surface area contributed by atoms with Gasteiger partial charge in [0.25, 0.3) is 5.91 Å². The van der Waals surface area contributed by atoms with Crippen LogP contribution in [-0.2, 0) is 10.2 Å². The van der Waals surface area contributed by atoms with Crippen molar-refractivity contribution >= 4 is 17.5 Å². The Labute approximate surface area is 180 Å². The molecular weight excluding hydrogens is 384 g/mol. The van der Waals surface area contributed by atoms with E-state index >= 15 is 0 Å². The second-order valence-electron chi connectivity index (χ2n) is 8.16. The molecule has 1 atom stereocenters. The van der Waals surface area contributed by atoms with Gasteiger partial charge in [-0.1, -0.05) is 70.5 Å². The van der Waals surface area contributed by atoms with E-state index in [-0.39, 0.29) is 24.0 Å². The van der Waals surface area contributed by atoms with E-state index in [9.17, 15) is 4.79 Å². The maximum absolute atomic E-state index is 12.3. The summed E-state index contributed by atoms with van der Waals surface area (Å²) in [7, 11) is 0. The number of hydrogen-bond donors (Lipinski definition) is 1. The predicted octanol–water partition coefficient (Wildman–Crippen LogP) is 5.22. The third-order valence-electron chi connectivity index (χ3n) is 5.09. The minimum atomic E-state index is -0.136. The summed E-state index contributed by atoms with van der Waals surface area (Å²) >= 11 is 5.87. The fourth-order valence-electron chi connectivity index (χ4n) is 3.27. The summed E-state index contributed by atoms with van der Waals surface area (Å²) in [5, 5.41) is 3.67. The summed E-state index contributed by atoms with van der Waals surface area (Å²) < 4.78 is 5.54. The zero-order valence-corrected chi connectivity index (χ0v) is 18.9. The molecule has 0 bridgehead atoms. The number of hydrogen-bond acceptors (Lipinski definition) is 3. The first-order valence-electron chi connectivity index (χ1n) is 10.2. The number of nitrogens with zero attached hydrogens (tertiary/aromatic N) is 1. The van der Waals surface area contributed by atoms with Crippen molar-refractivity contribution in [3.05, 3.63) is 64.7 Å². The first-order valence-corrected chi connectivity index (χ1v) is 10.6. The minimum Gasteiger partial charge on any atom is -0.484 e. The third kappa shape index (κ3) is 7.06. The Morgan fingerprint density at radius 3 is 2.14 bits per heavy atom. The number of rotatable bonds is 9. The van der Waals surface area contributed by atoms with Gasteiger partial charge < -0.3 is 10.1 Å². The Bertz CT molecular complexity index is 763. The topological polar surface area (TPSA) is 41.6 Å². The van der Waals surface area contributed by atoms with Crippen molar-refractivity contribution in [2.45, 2.75) is 46.1 Å². The number of amides is 1. The van der Waals surface area contributed by atoms with Crippen LogP contribution in [0.3, 0.4) is 0 Å². The zero-order chi connectivity index (χ0) is 21.4. The van der Waals surface area contributed by atoms with Crippen LogP contribution in [0.15, 0.2) is 48.5 Å². The molecule has 0 heterocycles. The Kier molecular flexibility index (Phi) is 8.54. The van der Waals surface area contributed by atoms with Crippen LogP contribution in [-0.4, -0.2) is 37.0 Å². The lowest BCUT2D eigenvalue weighted by Crippen LogP contribution is -2.39. The van der Waals surface area contributed by atoms with Gasteiger partial charge in [-0.05, 0) is 53.9 Å². The molecule has 0 saturated carbocycles. The van der Waals surface area contributed by atoms with Crippen molar-refractivity contribution in [1.82, 2.24) is 10.2 Å². The molecule has 0 aliphatic heterocycles. The van der Waals surface area contributed by atoms with Gasteiger partial charge in [0.2, 0.25) is 0 Å². The van der Waals surface area contributed by atoms with E-state index in [0.717, 1.165) is 13.1 Å². The van der Waals surface area contributed by atoms with E-state index < -0.39 is 0 Å². The molecule has 0 aliphatic carbocycles. The Morgan fingerprint density at radius 1 is 1.03 bits per heavy atom. The highest BCUT2D eigenvalue weighted by Gasteiger charge is 2.20. The van der Waals surface area contributed by atoms with Gasteiger partial charge in [-0.15, -0.1) is 0 Å². The Balaban J connectivity index is 2.01. The van der Waals surface area contributed by atoms with Gasteiger partial charge in [0, 0.05) is 11.6 Å². The summed E-state index contributed by atoms with van der Waals surface area (Å²) in [4.78, 5) is 14.7. The molecule has 2 aromatic carbocycles. The summed E-state index contributed by atoms with van der Waals surface area (Å²) in [6.07, 6.45) is 0. The van der Waals surface area contributed by atoms with E-state index in [2.05, 4.69) is 69.1 Å². The fraction of sp³-hybridized carbons (Fsp3) is 0.458. The van der Waals surface area contributed by atoms with Crippen molar-refractivity contribution in [3.63, 3.8) is 0 Å². The minimum absolute atomic E-state index is 0.0183. The fourth-order valence-corrected chi connectivity index (χ4v) is 3.39. The van der Waals surface area contributed by atoms with E-state index in [1.807, 2.05) is 0 Å². The molecule has 158 valence electrons. The molecule has 0 radical (unpaired) electrons. The molecule has 29 heavy (non-hydrogen) atoms. The molecule has 0 saturated heterocycles. The number of carbonyl (C=O) groups excluding carboxylic acids is 1. The van der Waals surface area contributed by atoms with Crippen LogP contribution in [0, 0.1) is 0 Å². The second-order valence-corrected chi connectivity index (χ2v) is 8.59. The first-order chi connectivity index (χ1) is 13.7. The quantitative estimate of drug-likeness (QED) is 0.609. The van der Waals surface area contributed by atoms with Gasteiger partial charge in [-0.3, -0.25) is 9.69 Å². The molecule has 0 aliphatic rings. The molecule has 2 rings (SSSR count). The van der Waals surface area contributed by atoms with Gasteiger partial charge in [-0.25, -0.2) is 0 Å². The normalized spacial score (nSPS) is 12.7. The lowest BCUT2D eigenvalue weighted by molar-refractivity contribution is -0.123. The van der Waals surface area contributed by atoms with Crippen LogP contribution in [0.25, 0.3) is 0 Å². The number of halogens is 1. The highest BCUT2D eigenvalue weighted by Crippen LogP contribution is 2.26. The van der Waals surface area contributed by atoms with Gasteiger partial charge in [0.05, 0.1) is 6.04 Å². The Morgan fingerprint density at radius 2 is 1.62 bits per heavy atom. The highest BCUT2D eigenvalue weighted by molar-refractivity contribution is 6.30. The smallest absolute Gasteiger partial charge is 0.258 e. The zero-order valence-electron chi connectivity index (χ0n) is 18.2. The van der Waals surface area contributed by atoms with Crippen LogP contribution in [0.1, 0.15) is 51.8 Å². The van der Waals surface area contributed by atoms with E-state index in [0.29, 0.717) is 17.3 Å². The predicted molar refractivity (Wildman–Crippen MR) is 121 cm³/mol. The largest absolute Gasteiger partial charge is 0.484 e. The third-order valence-corrected chi connectivity index (χ3v) is 5.34. The van der Waals surface area contributed by atoms with E-state index in [4.69, 9.17) is 16.3 Å². The summed E-state index contributed by atoms with van der Waals surface area (Å²) in [6, 6.07) is 15.9. The molecular formula is C24H33ClN2O2. The summed E-state index contributed by atoms with van der Waals surface area (Å²) in [5.74, 6) is 0.492. The van der Waals surface area contributed by atoms with Gasteiger partial charge in [0.1, 0.15) is 5.75 Å². The lowest BCUT2D eigenvalue weighted by atomic mass is 9.86. The number of benzene rings is 2. The average Bonchev–Trinajstić information content (AvgIpc) is 2.70. The van der Waals surface area contributed by atoms with Gasteiger partial charge in [0.15, 0.2) is 6.61 Å². The van der Waals surface area contributed by atoms with Crippen LogP contribution < -0.4 is 10.1 Å². The van der Waals surface area contributed by atoms with Crippen LogP contribution in [0.2, 0.25) is 5.02 Å². The maximum Gasteiger partial charge on any atom is 0.258 e. The average molecular weight is 417 g/mol. The molecule has 5 heteroatoms. The Hall–Kier alpha value is -2.04. The van der Waals surface area contributed by atoms with Crippen molar-refractivity contribution in [2.24, 2.45) is 0 Å². The van der Waals surface area contributed by atoms with Crippen molar-refractivity contribution in [1.29, 1.82) is 0 Å². The molecule has 2 aromatic rings. The van der Waals surface area contributed by atoms with Crippen molar-refractivity contribution in [3.8, 4) is 5.75 Å². The maximum atomic E-state index is 12.3.